The molecule has 0 bridgehead atoms. The molecule has 2 heterocycles. The minimum atomic E-state index is 0.876. The number of piperidine rings is 1. The molecule has 25 heavy (non-hydrogen) atoms. The number of hydrogen-bond donors (Lipinski definition) is 1. The van der Waals surface area contributed by atoms with Crippen LogP contribution >= 0.6 is 0 Å². The molecule has 1 aliphatic rings. The summed E-state index contributed by atoms with van der Waals surface area (Å²) in [4.78, 5) is 6.71. The molecule has 0 unspecified atom stereocenters. The number of hydrogen-bond acceptors (Lipinski definition) is 3. The van der Waals surface area contributed by atoms with Crippen LogP contribution < -0.4 is 5.32 Å². The Balaban J connectivity index is 1.22. The predicted molar refractivity (Wildman–Crippen MR) is 104 cm³/mol. The smallest absolute Gasteiger partial charge is 0.0271 e. The van der Waals surface area contributed by atoms with Crippen molar-refractivity contribution in [1.82, 2.24) is 15.2 Å². The molecule has 134 valence electrons. The lowest BCUT2D eigenvalue weighted by molar-refractivity contribution is 0.181. The minimum Gasteiger partial charge on any atom is -0.313 e. The molecule has 3 rings (SSSR count). The maximum atomic E-state index is 4.05. The number of pyridine rings is 1. The third kappa shape index (κ3) is 6.60. The molecule has 0 saturated carbocycles. The Labute approximate surface area is 152 Å². The van der Waals surface area contributed by atoms with Gasteiger partial charge in [0.1, 0.15) is 0 Å². The van der Waals surface area contributed by atoms with Gasteiger partial charge < -0.3 is 10.2 Å². The first-order chi connectivity index (χ1) is 12.4. The molecular formula is C22H31N3. The molecule has 3 nitrogen and oxygen atoms in total. The second-order valence-corrected chi connectivity index (χ2v) is 7.21. The lowest BCUT2D eigenvalue weighted by Gasteiger charge is -2.32. The summed E-state index contributed by atoms with van der Waals surface area (Å²) in [7, 11) is 0. The first-order valence-electron chi connectivity index (χ1n) is 9.76. The van der Waals surface area contributed by atoms with E-state index in [1.54, 1.807) is 0 Å². The van der Waals surface area contributed by atoms with Crippen molar-refractivity contribution in [2.24, 2.45) is 5.92 Å². The topological polar surface area (TPSA) is 28.2 Å². The molecule has 1 aromatic carbocycles. The number of unbranched alkanes of at least 4 members (excludes halogenated alkanes) is 1. The highest BCUT2D eigenvalue weighted by molar-refractivity contribution is 5.15. The fourth-order valence-corrected chi connectivity index (χ4v) is 3.68. The molecule has 1 N–H and O–H groups in total. The van der Waals surface area contributed by atoms with Gasteiger partial charge in [-0.05, 0) is 87.5 Å². The first-order valence-corrected chi connectivity index (χ1v) is 9.76. The molecule has 0 radical (unpaired) electrons. The molecule has 3 heteroatoms. The van der Waals surface area contributed by atoms with Crippen molar-refractivity contribution < 1.29 is 0 Å². The van der Waals surface area contributed by atoms with Gasteiger partial charge in [-0.3, -0.25) is 4.98 Å². The lowest BCUT2D eigenvalue weighted by Crippen LogP contribution is -2.35. The second kappa shape index (κ2) is 10.3. The standard InChI is InChI=1S/C22H31N3/c1-2-6-20(7-3-1)18-21-10-16-25(17-11-21)15-5-4-12-24-19-22-8-13-23-14-9-22/h1-3,6-9,13-14,21,24H,4-5,10-12,15-19H2. The Morgan fingerprint density at radius 2 is 1.68 bits per heavy atom. The molecular weight excluding hydrogens is 306 g/mol. The van der Waals surface area contributed by atoms with Crippen molar-refractivity contribution in [1.29, 1.82) is 0 Å². The van der Waals surface area contributed by atoms with E-state index < -0.39 is 0 Å². The Morgan fingerprint density at radius 3 is 2.44 bits per heavy atom. The zero-order valence-corrected chi connectivity index (χ0v) is 15.2. The van der Waals surface area contributed by atoms with Crippen molar-refractivity contribution in [3.8, 4) is 0 Å². The van der Waals surface area contributed by atoms with Crippen LogP contribution in [0, 0.1) is 5.92 Å². The van der Waals surface area contributed by atoms with Gasteiger partial charge in [0.25, 0.3) is 0 Å². The quantitative estimate of drug-likeness (QED) is 0.703. The first kappa shape index (κ1) is 18.1. The molecule has 1 aromatic heterocycles. The molecule has 2 aromatic rings. The average Bonchev–Trinajstić information content (AvgIpc) is 2.67. The number of nitrogens with one attached hydrogen (secondary N) is 1. The van der Waals surface area contributed by atoms with Gasteiger partial charge >= 0.3 is 0 Å². The highest BCUT2D eigenvalue weighted by Crippen LogP contribution is 2.21. The van der Waals surface area contributed by atoms with Crippen molar-refractivity contribution in [3.63, 3.8) is 0 Å². The van der Waals surface area contributed by atoms with Gasteiger partial charge in [-0.15, -0.1) is 0 Å². The van der Waals surface area contributed by atoms with Crippen molar-refractivity contribution in [2.75, 3.05) is 26.2 Å². The zero-order chi connectivity index (χ0) is 17.2. The number of rotatable bonds is 9. The maximum absolute atomic E-state index is 4.05. The van der Waals surface area contributed by atoms with Gasteiger partial charge in [-0.1, -0.05) is 30.3 Å². The van der Waals surface area contributed by atoms with Gasteiger partial charge in [0, 0.05) is 18.9 Å². The maximum Gasteiger partial charge on any atom is 0.0271 e. The molecule has 0 aliphatic carbocycles. The molecule has 1 saturated heterocycles. The third-order valence-electron chi connectivity index (χ3n) is 5.23. The second-order valence-electron chi connectivity index (χ2n) is 7.21. The summed E-state index contributed by atoms with van der Waals surface area (Å²) in [5.74, 6) is 0.876. The van der Waals surface area contributed by atoms with E-state index in [0.717, 1.165) is 19.0 Å². The number of benzene rings is 1. The van der Waals surface area contributed by atoms with E-state index in [1.165, 1.54) is 62.9 Å². The Hall–Kier alpha value is -1.71. The SMILES string of the molecule is c1ccc(CC2CCN(CCCCNCc3ccncc3)CC2)cc1. The largest absolute Gasteiger partial charge is 0.313 e. The Morgan fingerprint density at radius 1 is 0.920 bits per heavy atom. The summed E-state index contributed by atoms with van der Waals surface area (Å²) in [6.45, 7) is 5.87. The van der Waals surface area contributed by atoms with E-state index in [0.29, 0.717) is 0 Å². The molecule has 1 fully saturated rings. The number of nitrogens with zero attached hydrogens (tertiary/aromatic N) is 2. The highest BCUT2D eigenvalue weighted by atomic mass is 15.1. The summed E-state index contributed by atoms with van der Waals surface area (Å²) in [5, 5.41) is 3.53. The monoisotopic (exact) mass is 337 g/mol. The van der Waals surface area contributed by atoms with Gasteiger partial charge in [0.15, 0.2) is 0 Å². The summed E-state index contributed by atoms with van der Waals surface area (Å²) in [6, 6.07) is 15.1. The van der Waals surface area contributed by atoms with Crippen LogP contribution in [0.1, 0.15) is 36.8 Å². The minimum absolute atomic E-state index is 0.876. The molecule has 0 spiro atoms. The van der Waals surface area contributed by atoms with Crippen LogP contribution in [0.5, 0.6) is 0 Å². The van der Waals surface area contributed by atoms with Crippen LogP contribution in [0.25, 0.3) is 0 Å². The van der Waals surface area contributed by atoms with Crippen LogP contribution in [0.4, 0.5) is 0 Å². The van der Waals surface area contributed by atoms with Crippen molar-refractivity contribution in [3.05, 3.63) is 66.0 Å². The summed E-state index contributed by atoms with van der Waals surface area (Å²) in [6.07, 6.45) is 10.2. The van der Waals surface area contributed by atoms with Gasteiger partial charge in [0.2, 0.25) is 0 Å². The Bertz CT molecular complexity index is 577. The van der Waals surface area contributed by atoms with Gasteiger partial charge in [-0.25, -0.2) is 0 Å². The van der Waals surface area contributed by atoms with Crippen LogP contribution in [0.15, 0.2) is 54.9 Å². The Kier molecular flexibility index (Phi) is 7.47. The third-order valence-corrected chi connectivity index (χ3v) is 5.23. The van der Waals surface area contributed by atoms with E-state index in [1.807, 2.05) is 12.4 Å². The van der Waals surface area contributed by atoms with Gasteiger partial charge in [0.05, 0.1) is 0 Å². The van der Waals surface area contributed by atoms with Crippen LogP contribution in [0.3, 0.4) is 0 Å². The normalized spacial score (nSPS) is 16.2. The highest BCUT2D eigenvalue weighted by Gasteiger charge is 2.18. The van der Waals surface area contributed by atoms with E-state index in [-0.39, 0.29) is 0 Å². The fraction of sp³-hybridized carbons (Fsp3) is 0.500. The number of aromatic nitrogens is 1. The molecule has 1 aliphatic heterocycles. The van der Waals surface area contributed by atoms with Crippen molar-refractivity contribution in [2.45, 2.75) is 38.6 Å². The van der Waals surface area contributed by atoms with Crippen LogP contribution in [0.2, 0.25) is 0 Å². The van der Waals surface area contributed by atoms with Gasteiger partial charge in [-0.2, -0.15) is 0 Å². The van der Waals surface area contributed by atoms with Crippen molar-refractivity contribution >= 4 is 0 Å². The van der Waals surface area contributed by atoms with E-state index in [2.05, 4.69) is 57.7 Å². The van der Waals surface area contributed by atoms with Crippen LogP contribution in [-0.4, -0.2) is 36.1 Å². The predicted octanol–water partition coefficient (Wildman–Crippen LogP) is 3.91. The summed E-state index contributed by atoms with van der Waals surface area (Å²) in [5.41, 5.74) is 2.82. The van der Waals surface area contributed by atoms with Crippen LogP contribution in [-0.2, 0) is 13.0 Å². The summed E-state index contributed by atoms with van der Waals surface area (Å²) >= 11 is 0. The zero-order valence-electron chi connectivity index (χ0n) is 15.2. The number of likely N-dealkylation sites (tertiary alicyclic amines) is 1. The van der Waals surface area contributed by atoms with E-state index in [9.17, 15) is 0 Å². The van der Waals surface area contributed by atoms with E-state index >= 15 is 0 Å². The molecule has 0 amide bonds. The fourth-order valence-electron chi connectivity index (χ4n) is 3.68. The summed E-state index contributed by atoms with van der Waals surface area (Å²) < 4.78 is 0. The average molecular weight is 338 g/mol. The molecule has 0 atom stereocenters. The van der Waals surface area contributed by atoms with E-state index in [4.69, 9.17) is 0 Å². The lowest BCUT2D eigenvalue weighted by atomic mass is 9.90.